The van der Waals surface area contributed by atoms with Crippen molar-refractivity contribution < 1.29 is 14.3 Å². The molecule has 1 aromatic rings. The molecule has 0 aromatic heterocycles. The first-order valence-electron chi connectivity index (χ1n) is 8.26. The van der Waals surface area contributed by atoms with Crippen LogP contribution in [-0.2, 0) is 15.9 Å². The number of benzene rings is 1. The van der Waals surface area contributed by atoms with E-state index in [1.165, 1.54) is 5.56 Å². The Labute approximate surface area is 138 Å². The summed E-state index contributed by atoms with van der Waals surface area (Å²) in [5.74, 6) is 0. The normalized spacial score (nSPS) is 24.4. The maximum absolute atomic E-state index is 11.9. The molecule has 1 heterocycles. The molecule has 2 rings (SSSR count). The molecule has 5 nitrogen and oxygen atoms in total. The Kier molecular flexibility index (Phi) is 6.02. The van der Waals surface area contributed by atoms with Gasteiger partial charge < -0.3 is 20.5 Å². The molecule has 5 heteroatoms. The van der Waals surface area contributed by atoms with Gasteiger partial charge in [-0.15, -0.1) is 0 Å². The third-order valence-electron chi connectivity index (χ3n) is 3.87. The van der Waals surface area contributed by atoms with Gasteiger partial charge in [0.2, 0.25) is 0 Å². The van der Waals surface area contributed by atoms with Crippen LogP contribution in [0.1, 0.15) is 39.2 Å². The van der Waals surface area contributed by atoms with Crippen molar-refractivity contribution in [3.63, 3.8) is 0 Å². The molecule has 1 aliphatic rings. The summed E-state index contributed by atoms with van der Waals surface area (Å²) in [6.45, 7) is 5.94. The molecule has 1 amide bonds. The summed E-state index contributed by atoms with van der Waals surface area (Å²) < 4.78 is 11.3. The highest BCUT2D eigenvalue weighted by Gasteiger charge is 2.35. The second-order valence-electron chi connectivity index (χ2n) is 7.04. The number of hydrogen-bond donors (Lipinski definition) is 2. The molecule has 1 fully saturated rings. The summed E-state index contributed by atoms with van der Waals surface area (Å²) in [6, 6.07) is 10.2. The van der Waals surface area contributed by atoms with E-state index in [0.29, 0.717) is 6.54 Å². The van der Waals surface area contributed by atoms with Gasteiger partial charge in [0.15, 0.2) is 0 Å². The smallest absolute Gasteiger partial charge is 0.407 e. The molecule has 128 valence electrons. The number of carbonyl (C=O) groups is 1. The van der Waals surface area contributed by atoms with Gasteiger partial charge in [0.1, 0.15) is 5.60 Å². The largest absolute Gasteiger partial charge is 0.444 e. The molecule has 3 atom stereocenters. The zero-order valence-corrected chi connectivity index (χ0v) is 14.2. The standard InChI is InChI=1S/C18H28N2O3/c1-18(2,3)23-17(21)20-15-11-14(22-16(15)12-19)10-9-13-7-5-4-6-8-13/h4-8,14-16H,9-12,19H2,1-3H3,(H,20,21). The molecular weight excluding hydrogens is 292 g/mol. The molecule has 0 radical (unpaired) electrons. The van der Waals surface area contributed by atoms with Gasteiger partial charge in [-0.1, -0.05) is 30.3 Å². The number of alkyl carbamates (subject to hydrolysis) is 1. The molecule has 0 aliphatic carbocycles. The van der Waals surface area contributed by atoms with E-state index in [9.17, 15) is 4.79 Å². The van der Waals surface area contributed by atoms with Gasteiger partial charge in [-0.2, -0.15) is 0 Å². The third kappa shape index (κ3) is 5.84. The molecule has 3 unspecified atom stereocenters. The van der Waals surface area contributed by atoms with Crippen molar-refractivity contribution in [2.24, 2.45) is 5.73 Å². The van der Waals surface area contributed by atoms with Crippen molar-refractivity contribution >= 4 is 6.09 Å². The SMILES string of the molecule is CC(C)(C)OC(=O)NC1CC(CCc2ccccc2)OC1CN. The number of hydrogen-bond acceptors (Lipinski definition) is 4. The fraction of sp³-hybridized carbons (Fsp3) is 0.611. The first-order valence-corrected chi connectivity index (χ1v) is 8.26. The lowest BCUT2D eigenvalue weighted by Crippen LogP contribution is -2.45. The zero-order valence-electron chi connectivity index (χ0n) is 14.2. The van der Waals surface area contributed by atoms with E-state index in [1.807, 2.05) is 39.0 Å². The van der Waals surface area contributed by atoms with Crippen LogP contribution in [-0.4, -0.2) is 36.5 Å². The number of nitrogens with two attached hydrogens (primary N) is 1. The number of nitrogens with one attached hydrogen (secondary N) is 1. The van der Waals surface area contributed by atoms with Crippen LogP contribution in [0.4, 0.5) is 4.79 Å². The van der Waals surface area contributed by atoms with Gasteiger partial charge in [-0.05, 0) is 45.6 Å². The monoisotopic (exact) mass is 320 g/mol. The quantitative estimate of drug-likeness (QED) is 0.874. The number of aryl methyl sites for hydroxylation is 1. The van der Waals surface area contributed by atoms with E-state index in [4.69, 9.17) is 15.2 Å². The Hall–Kier alpha value is -1.59. The predicted molar refractivity (Wildman–Crippen MR) is 90.3 cm³/mol. The summed E-state index contributed by atoms with van der Waals surface area (Å²) in [4.78, 5) is 11.9. The average molecular weight is 320 g/mol. The van der Waals surface area contributed by atoms with Crippen LogP contribution < -0.4 is 11.1 Å². The van der Waals surface area contributed by atoms with Crippen LogP contribution >= 0.6 is 0 Å². The predicted octanol–water partition coefficient (Wildman–Crippen LogP) is 2.63. The van der Waals surface area contributed by atoms with Crippen molar-refractivity contribution in [3.05, 3.63) is 35.9 Å². The molecule has 3 N–H and O–H groups in total. The van der Waals surface area contributed by atoms with Crippen molar-refractivity contribution in [2.75, 3.05) is 6.54 Å². The van der Waals surface area contributed by atoms with Crippen LogP contribution in [0, 0.1) is 0 Å². The van der Waals surface area contributed by atoms with Crippen LogP contribution in [0.2, 0.25) is 0 Å². The second kappa shape index (κ2) is 7.79. The lowest BCUT2D eigenvalue weighted by atomic mass is 10.0. The minimum absolute atomic E-state index is 0.0874. The summed E-state index contributed by atoms with van der Waals surface area (Å²) >= 11 is 0. The molecule has 1 aliphatic heterocycles. The van der Waals surface area contributed by atoms with E-state index < -0.39 is 11.7 Å². The van der Waals surface area contributed by atoms with E-state index in [0.717, 1.165) is 19.3 Å². The van der Waals surface area contributed by atoms with Gasteiger partial charge in [0.25, 0.3) is 0 Å². The molecule has 0 bridgehead atoms. The topological polar surface area (TPSA) is 73.6 Å². The Bertz CT molecular complexity index is 499. The highest BCUT2D eigenvalue weighted by Crippen LogP contribution is 2.24. The Morgan fingerprint density at radius 2 is 2.04 bits per heavy atom. The van der Waals surface area contributed by atoms with Gasteiger partial charge >= 0.3 is 6.09 Å². The number of rotatable bonds is 5. The highest BCUT2D eigenvalue weighted by atomic mass is 16.6. The molecule has 1 aromatic carbocycles. The van der Waals surface area contributed by atoms with Gasteiger partial charge in [0, 0.05) is 6.54 Å². The lowest BCUT2D eigenvalue weighted by Gasteiger charge is -2.23. The fourth-order valence-electron chi connectivity index (χ4n) is 2.82. The van der Waals surface area contributed by atoms with E-state index in [-0.39, 0.29) is 18.2 Å². The molecule has 0 spiro atoms. The van der Waals surface area contributed by atoms with Crippen LogP contribution in [0.5, 0.6) is 0 Å². The maximum Gasteiger partial charge on any atom is 0.407 e. The molecule has 0 saturated carbocycles. The fourth-order valence-corrected chi connectivity index (χ4v) is 2.82. The van der Waals surface area contributed by atoms with E-state index >= 15 is 0 Å². The summed E-state index contributed by atoms with van der Waals surface area (Å²) in [6.07, 6.45) is 2.21. The molecule has 1 saturated heterocycles. The van der Waals surface area contributed by atoms with Crippen LogP contribution in [0.3, 0.4) is 0 Å². The van der Waals surface area contributed by atoms with E-state index in [1.54, 1.807) is 0 Å². The summed E-state index contributed by atoms with van der Waals surface area (Å²) in [5, 5.41) is 2.90. The first-order chi connectivity index (χ1) is 10.9. The Balaban J connectivity index is 1.83. The Morgan fingerprint density at radius 1 is 1.35 bits per heavy atom. The van der Waals surface area contributed by atoms with Gasteiger partial charge in [-0.3, -0.25) is 0 Å². The van der Waals surface area contributed by atoms with Crippen molar-refractivity contribution in [3.8, 4) is 0 Å². The van der Waals surface area contributed by atoms with Crippen molar-refractivity contribution in [1.29, 1.82) is 0 Å². The molecular formula is C18H28N2O3. The lowest BCUT2D eigenvalue weighted by molar-refractivity contribution is 0.0316. The zero-order chi connectivity index (χ0) is 16.9. The average Bonchev–Trinajstić information content (AvgIpc) is 2.86. The third-order valence-corrected chi connectivity index (χ3v) is 3.87. The summed E-state index contributed by atoms with van der Waals surface area (Å²) in [5.41, 5.74) is 6.57. The number of amides is 1. The van der Waals surface area contributed by atoms with Gasteiger partial charge in [0.05, 0.1) is 18.2 Å². The van der Waals surface area contributed by atoms with Crippen LogP contribution in [0.25, 0.3) is 0 Å². The number of ether oxygens (including phenoxy) is 2. The highest BCUT2D eigenvalue weighted by molar-refractivity contribution is 5.68. The maximum atomic E-state index is 11.9. The number of carbonyl (C=O) groups excluding carboxylic acids is 1. The van der Waals surface area contributed by atoms with Gasteiger partial charge in [-0.25, -0.2) is 4.79 Å². The molecule has 23 heavy (non-hydrogen) atoms. The van der Waals surface area contributed by atoms with Crippen molar-refractivity contribution in [1.82, 2.24) is 5.32 Å². The van der Waals surface area contributed by atoms with Crippen LogP contribution in [0.15, 0.2) is 30.3 Å². The summed E-state index contributed by atoms with van der Waals surface area (Å²) in [7, 11) is 0. The minimum atomic E-state index is -0.505. The second-order valence-corrected chi connectivity index (χ2v) is 7.04. The minimum Gasteiger partial charge on any atom is -0.444 e. The van der Waals surface area contributed by atoms with Crippen molar-refractivity contribution in [2.45, 2.75) is 63.9 Å². The Morgan fingerprint density at radius 3 is 2.65 bits per heavy atom. The van der Waals surface area contributed by atoms with E-state index in [2.05, 4.69) is 17.4 Å². The first kappa shape index (κ1) is 17.8.